The van der Waals surface area contributed by atoms with Crippen molar-refractivity contribution in [3.63, 3.8) is 0 Å². The van der Waals surface area contributed by atoms with Crippen LogP contribution in [0.3, 0.4) is 0 Å². The third kappa shape index (κ3) is 6.14. The van der Waals surface area contributed by atoms with Crippen LogP contribution in [0.15, 0.2) is 35.6 Å². The van der Waals surface area contributed by atoms with Crippen LogP contribution in [0.1, 0.15) is 31.7 Å². The molecule has 0 aliphatic heterocycles. The molecule has 3 aromatic rings. The monoisotopic (exact) mass is 496 g/mol. The van der Waals surface area contributed by atoms with Crippen molar-refractivity contribution >= 4 is 30.1 Å². The van der Waals surface area contributed by atoms with Gasteiger partial charge >= 0.3 is 12.0 Å². The molecule has 0 fully saturated rings. The van der Waals surface area contributed by atoms with E-state index >= 15 is 0 Å². The standard InChI is InChI=1S/C21H22F2N4O4S2/c1-12(2)15-10-14(22)11-16(13-5-7-24-17(9-13)29-3)19(15)31-21-25-20(26-27(21)33-23)32-8-6-18(28)30-4/h5,7,9-12H,6,8H2,1-4H3. The van der Waals surface area contributed by atoms with Crippen molar-refractivity contribution in [3.8, 4) is 28.8 Å². The van der Waals surface area contributed by atoms with Gasteiger partial charge in [-0.2, -0.15) is 4.98 Å². The van der Waals surface area contributed by atoms with Crippen LogP contribution in [0.4, 0.5) is 8.28 Å². The first-order chi connectivity index (χ1) is 15.9. The normalized spacial score (nSPS) is 11.0. The molecule has 0 N–H and O–H groups in total. The molecule has 8 nitrogen and oxygen atoms in total. The Morgan fingerprint density at radius 2 is 2.03 bits per heavy atom. The second-order valence-corrected chi connectivity index (χ2v) is 8.55. The number of halogens is 2. The first kappa shape index (κ1) is 24.8. The predicted molar refractivity (Wildman–Crippen MR) is 122 cm³/mol. The molecule has 0 spiro atoms. The Labute approximate surface area is 198 Å². The van der Waals surface area contributed by atoms with Gasteiger partial charge in [-0.1, -0.05) is 25.6 Å². The zero-order chi connectivity index (χ0) is 24.0. The molecule has 0 saturated carbocycles. The molecule has 0 unspecified atom stereocenters. The molecule has 2 heterocycles. The number of benzene rings is 1. The average Bonchev–Trinajstić information content (AvgIpc) is 3.21. The molecule has 0 bridgehead atoms. The number of pyridine rings is 1. The third-order valence-electron chi connectivity index (χ3n) is 4.51. The molecule has 0 atom stereocenters. The second kappa shape index (κ2) is 11.3. The fourth-order valence-electron chi connectivity index (χ4n) is 2.91. The zero-order valence-corrected chi connectivity index (χ0v) is 20.0. The molecular weight excluding hydrogens is 474 g/mol. The number of ether oxygens (including phenoxy) is 3. The van der Waals surface area contributed by atoms with Gasteiger partial charge < -0.3 is 14.2 Å². The maximum absolute atomic E-state index is 14.5. The molecule has 0 radical (unpaired) electrons. The van der Waals surface area contributed by atoms with Crippen molar-refractivity contribution < 1.29 is 27.3 Å². The highest BCUT2D eigenvalue weighted by Gasteiger charge is 2.22. The number of methoxy groups -OCH3 is 2. The molecule has 176 valence electrons. The summed E-state index contributed by atoms with van der Waals surface area (Å²) in [6, 6.07) is 5.91. The Morgan fingerprint density at radius 1 is 1.24 bits per heavy atom. The van der Waals surface area contributed by atoms with Gasteiger partial charge in [0.15, 0.2) is 12.3 Å². The van der Waals surface area contributed by atoms with Gasteiger partial charge in [0.1, 0.15) is 11.6 Å². The van der Waals surface area contributed by atoms with Crippen LogP contribution < -0.4 is 9.47 Å². The number of rotatable bonds is 10. The SMILES string of the molecule is COC(=O)CCSc1nc(Oc2c(-c3ccnc(OC)c3)cc(F)cc2C(C)C)n(SF)n1. The van der Waals surface area contributed by atoms with E-state index in [0.717, 1.165) is 15.8 Å². The van der Waals surface area contributed by atoms with Gasteiger partial charge in [0.05, 0.1) is 20.6 Å². The molecule has 12 heteroatoms. The summed E-state index contributed by atoms with van der Waals surface area (Å²) >= 11 is 0.969. The number of hydrogen-bond acceptors (Lipinski definition) is 9. The molecule has 0 aliphatic carbocycles. The second-order valence-electron chi connectivity index (χ2n) is 7.01. The number of nitrogens with zero attached hydrogens (tertiary/aromatic N) is 4. The lowest BCUT2D eigenvalue weighted by atomic mass is 9.95. The molecular formula is C21H22F2N4O4S2. The highest BCUT2D eigenvalue weighted by molar-refractivity contribution is 7.99. The Bertz CT molecular complexity index is 1130. The lowest BCUT2D eigenvalue weighted by Gasteiger charge is -2.17. The maximum atomic E-state index is 14.5. The summed E-state index contributed by atoms with van der Waals surface area (Å²) in [4.78, 5) is 19.6. The van der Waals surface area contributed by atoms with Crippen LogP contribution in [0.25, 0.3) is 11.1 Å². The molecule has 2 aromatic heterocycles. The minimum atomic E-state index is -0.447. The minimum absolute atomic E-state index is 0.110. The van der Waals surface area contributed by atoms with Gasteiger partial charge in [-0.05, 0) is 29.7 Å². The van der Waals surface area contributed by atoms with Crippen LogP contribution in [0.2, 0.25) is 0 Å². The summed E-state index contributed by atoms with van der Waals surface area (Å²) in [6.07, 6.45) is 1.69. The Balaban J connectivity index is 2.01. The Hall–Kier alpha value is -2.86. The molecule has 0 amide bonds. The van der Waals surface area contributed by atoms with Crippen molar-refractivity contribution in [2.24, 2.45) is 0 Å². The van der Waals surface area contributed by atoms with E-state index in [1.54, 1.807) is 12.1 Å². The summed E-state index contributed by atoms with van der Waals surface area (Å²) in [7, 11) is 2.78. The number of carbonyl (C=O) groups is 1. The zero-order valence-electron chi connectivity index (χ0n) is 18.4. The van der Waals surface area contributed by atoms with E-state index < -0.39 is 5.82 Å². The van der Waals surface area contributed by atoms with E-state index in [1.807, 2.05) is 13.8 Å². The molecule has 1 aromatic carbocycles. The van der Waals surface area contributed by atoms with Crippen molar-refractivity contribution in [2.45, 2.75) is 31.3 Å². The van der Waals surface area contributed by atoms with Crippen LogP contribution in [-0.2, 0) is 9.53 Å². The maximum Gasteiger partial charge on any atom is 0.334 e. The van der Waals surface area contributed by atoms with Crippen molar-refractivity contribution in [2.75, 3.05) is 20.0 Å². The van der Waals surface area contributed by atoms with E-state index in [4.69, 9.17) is 9.47 Å². The van der Waals surface area contributed by atoms with E-state index in [-0.39, 0.29) is 41.8 Å². The fraction of sp³-hybridized carbons (Fsp3) is 0.333. The first-order valence-electron chi connectivity index (χ1n) is 9.83. The summed E-state index contributed by atoms with van der Waals surface area (Å²) in [6.45, 7) is 3.78. The van der Waals surface area contributed by atoms with Crippen molar-refractivity contribution in [1.29, 1.82) is 0 Å². The van der Waals surface area contributed by atoms with E-state index in [2.05, 4.69) is 19.8 Å². The van der Waals surface area contributed by atoms with Crippen LogP contribution in [0, 0.1) is 5.82 Å². The van der Waals surface area contributed by atoms with Crippen LogP contribution >= 0.6 is 24.1 Å². The average molecular weight is 497 g/mol. The van der Waals surface area contributed by atoms with Gasteiger partial charge in [-0.15, -0.1) is 13.1 Å². The van der Waals surface area contributed by atoms with Gasteiger partial charge in [0.25, 0.3) is 0 Å². The molecule has 33 heavy (non-hydrogen) atoms. The lowest BCUT2D eigenvalue weighted by molar-refractivity contribution is -0.140. The Kier molecular flexibility index (Phi) is 8.50. The number of aromatic nitrogens is 4. The number of esters is 1. The van der Waals surface area contributed by atoms with Gasteiger partial charge in [0, 0.05) is 29.1 Å². The topological polar surface area (TPSA) is 88.4 Å². The van der Waals surface area contributed by atoms with E-state index in [9.17, 15) is 13.1 Å². The minimum Gasteiger partial charge on any atom is -0.481 e. The lowest BCUT2D eigenvalue weighted by Crippen LogP contribution is -2.01. The number of thioether (sulfide) groups is 1. The molecule has 0 aliphatic rings. The highest BCUT2D eigenvalue weighted by atomic mass is 32.2. The molecule has 3 rings (SSSR count). The Morgan fingerprint density at radius 3 is 2.70 bits per heavy atom. The van der Waals surface area contributed by atoms with Gasteiger partial charge in [0.2, 0.25) is 11.0 Å². The first-order valence-corrected chi connectivity index (χ1v) is 11.5. The third-order valence-corrected chi connectivity index (χ3v) is 5.72. The highest BCUT2D eigenvalue weighted by Crippen LogP contribution is 2.41. The largest absolute Gasteiger partial charge is 0.481 e. The smallest absolute Gasteiger partial charge is 0.334 e. The van der Waals surface area contributed by atoms with E-state index in [0.29, 0.717) is 34.1 Å². The summed E-state index contributed by atoms with van der Waals surface area (Å²) < 4.78 is 44.8. The van der Waals surface area contributed by atoms with Gasteiger partial charge in [-0.25, -0.2) is 9.37 Å². The predicted octanol–water partition coefficient (Wildman–Crippen LogP) is 5.44. The van der Waals surface area contributed by atoms with Crippen LogP contribution in [0.5, 0.6) is 17.6 Å². The fourth-order valence-corrected chi connectivity index (χ4v) is 3.95. The van der Waals surface area contributed by atoms with E-state index in [1.165, 1.54) is 32.5 Å². The quantitative estimate of drug-likeness (QED) is 0.269. The number of carbonyl (C=O) groups excluding carboxylic acids is 1. The van der Waals surface area contributed by atoms with Crippen molar-refractivity contribution in [1.82, 2.24) is 19.2 Å². The van der Waals surface area contributed by atoms with Crippen LogP contribution in [-0.4, -0.2) is 45.1 Å². The summed E-state index contributed by atoms with van der Waals surface area (Å²) in [5, 5.41) is 4.27. The summed E-state index contributed by atoms with van der Waals surface area (Å²) in [5.74, 6) is 0.0828. The molecule has 0 saturated heterocycles. The van der Waals surface area contributed by atoms with Crippen molar-refractivity contribution in [3.05, 3.63) is 41.8 Å². The summed E-state index contributed by atoms with van der Waals surface area (Å²) in [5.41, 5.74) is 1.60. The number of hydrogen-bond donors (Lipinski definition) is 0. The van der Waals surface area contributed by atoms with Gasteiger partial charge in [-0.3, -0.25) is 4.79 Å².